The Balaban J connectivity index is 5.11. The lowest BCUT2D eigenvalue weighted by Gasteiger charge is -2.07. The van der Waals surface area contributed by atoms with Crippen molar-refractivity contribution in [1.82, 2.24) is 0 Å². The minimum absolute atomic E-state index is 0.0625. The largest absolute Gasteiger partial charge is 0.327 e. The molecule has 0 spiro atoms. The maximum Gasteiger partial charge on any atom is 0.290 e. The van der Waals surface area contributed by atoms with Gasteiger partial charge in [-0.2, -0.15) is 8.42 Å². The molecule has 0 heterocycles. The van der Waals surface area contributed by atoms with Crippen LogP contribution in [0.15, 0.2) is 10.5 Å². The van der Waals surface area contributed by atoms with Crippen molar-refractivity contribution in [3.8, 4) is 0 Å². The van der Waals surface area contributed by atoms with Crippen molar-refractivity contribution in [2.24, 2.45) is 5.73 Å². The zero-order valence-corrected chi connectivity index (χ0v) is 8.19. The summed E-state index contributed by atoms with van der Waals surface area (Å²) in [5, 5.41) is 0. The number of hydrogen-bond donors (Lipinski definition) is 2. The molecule has 0 saturated carbocycles. The van der Waals surface area contributed by atoms with Gasteiger partial charge >= 0.3 is 0 Å². The van der Waals surface area contributed by atoms with Gasteiger partial charge in [-0.1, -0.05) is 13.8 Å². The van der Waals surface area contributed by atoms with Gasteiger partial charge < -0.3 is 5.73 Å². The molecule has 0 bridgehead atoms. The molecule has 0 aliphatic carbocycles. The summed E-state index contributed by atoms with van der Waals surface area (Å²) in [6.45, 7) is 3.66. The molecule has 0 aromatic heterocycles. The van der Waals surface area contributed by atoms with E-state index in [-0.39, 0.29) is 11.4 Å². The van der Waals surface area contributed by atoms with E-state index in [1.807, 2.05) is 6.92 Å². The number of nitrogens with two attached hydrogens (primary N) is 1. The Morgan fingerprint density at radius 2 is 1.83 bits per heavy atom. The van der Waals surface area contributed by atoms with Crippen LogP contribution in [0.5, 0.6) is 0 Å². The first-order valence-corrected chi connectivity index (χ1v) is 5.29. The minimum Gasteiger partial charge on any atom is -0.327 e. The van der Waals surface area contributed by atoms with Crippen LogP contribution >= 0.6 is 0 Å². The van der Waals surface area contributed by atoms with Crippen LogP contribution < -0.4 is 5.73 Å². The average molecular weight is 193 g/mol. The smallest absolute Gasteiger partial charge is 0.290 e. The van der Waals surface area contributed by atoms with Gasteiger partial charge in [0.1, 0.15) is 0 Å². The molecule has 0 unspecified atom stereocenters. The Bertz CT molecular complexity index is 260. The van der Waals surface area contributed by atoms with E-state index in [9.17, 15) is 8.42 Å². The second-order valence-electron chi connectivity index (χ2n) is 2.41. The van der Waals surface area contributed by atoms with Crippen molar-refractivity contribution in [3.05, 3.63) is 10.5 Å². The van der Waals surface area contributed by atoms with E-state index in [0.717, 1.165) is 0 Å². The minimum atomic E-state index is -4.04. The predicted octanol–water partition coefficient (Wildman–Crippen LogP) is 0.907. The third-order valence-electron chi connectivity index (χ3n) is 1.70. The van der Waals surface area contributed by atoms with Gasteiger partial charge in [0.15, 0.2) is 0 Å². The molecule has 0 aliphatic rings. The van der Waals surface area contributed by atoms with Crippen molar-refractivity contribution >= 4 is 10.1 Å². The molecule has 12 heavy (non-hydrogen) atoms. The highest BCUT2D eigenvalue weighted by atomic mass is 32.2. The zero-order valence-electron chi connectivity index (χ0n) is 7.37. The summed E-state index contributed by atoms with van der Waals surface area (Å²) in [4.78, 5) is 0.0625. The van der Waals surface area contributed by atoms with Crippen molar-refractivity contribution in [2.45, 2.75) is 26.7 Å². The van der Waals surface area contributed by atoms with Crippen molar-refractivity contribution < 1.29 is 13.0 Å². The Labute approximate surface area is 73.2 Å². The third-order valence-corrected chi connectivity index (χ3v) is 2.90. The molecular formula is C7H15NO3S. The van der Waals surface area contributed by atoms with Gasteiger partial charge in [-0.05, 0) is 18.4 Å². The second kappa shape index (κ2) is 4.59. The van der Waals surface area contributed by atoms with Gasteiger partial charge in [0.05, 0.1) is 4.91 Å². The monoisotopic (exact) mass is 193 g/mol. The van der Waals surface area contributed by atoms with Crippen LogP contribution in [0.2, 0.25) is 0 Å². The Hall–Kier alpha value is -0.390. The van der Waals surface area contributed by atoms with Crippen molar-refractivity contribution in [2.75, 3.05) is 6.54 Å². The second-order valence-corrected chi connectivity index (χ2v) is 3.86. The molecule has 0 radical (unpaired) electrons. The number of allylic oxidation sites excluding steroid dienone is 1. The standard InChI is InChI=1S/C7H15NO3S/c1-3-6(5-8)7(4-2)12(9,10)11/h3-5,8H2,1-2H3,(H,9,10,11). The van der Waals surface area contributed by atoms with E-state index in [4.69, 9.17) is 10.3 Å². The normalized spacial score (nSPS) is 14.3. The van der Waals surface area contributed by atoms with Crippen LogP contribution in [0.3, 0.4) is 0 Å². The molecule has 0 aromatic rings. The average Bonchev–Trinajstić information content (AvgIpc) is 1.97. The topological polar surface area (TPSA) is 80.4 Å². The van der Waals surface area contributed by atoms with Crippen molar-refractivity contribution in [3.63, 3.8) is 0 Å². The van der Waals surface area contributed by atoms with Gasteiger partial charge in [0, 0.05) is 6.54 Å². The van der Waals surface area contributed by atoms with Crippen LogP contribution in [-0.4, -0.2) is 19.5 Å². The molecule has 72 valence electrons. The van der Waals surface area contributed by atoms with E-state index in [2.05, 4.69) is 0 Å². The summed E-state index contributed by atoms with van der Waals surface area (Å²) in [5.41, 5.74) is 5.92. The Morgan fingerprint density at radius 1 is 1.33 bits per heavy atom. The van der Waals surface area contributed by atoms with E-state index in [1.165, 1.54) is 0 Å². The zero-order chi connectivity index (χ0) is 9.78. The van der Waals surface area contributed by atoms with Gasteiger partial charge in [-0.25, -0.2) is 0 Å². The van der Waals surface area contributed by atoms with Gasteiger partial charge in [0.25, 0.3) is 10.1 Å². The molecule has 5 heteroatoms. The summed E-state index contributed by atoms with van der Waals surface area (Å²) in [6, 6.07) is 0. The lowest BCUT2D eigenvalue weighted by atomic mass is 10.2. The van der Waals surface area contributed by atoms with Gasteiger partial charge in [0.2, 0.25) is 0 Å². The van der Waals surface area contributed by atoms with Gasteiger partial charge in [-0.15, -0.1) is 0 Å². The number of hydrogen-bond acceptors (Lipinski definition) is 3. The molecule has 0 amide bonds. The van der Waals surface area contributed by atoms with Gasteiger partial charge in [-0.3, -0.25) is 4.55 Å². The summed E-state index contributed by atoms with van der Waals surface area (Å²) < 4.78 is 30.3. The lowest BCUT2D eigenvalue weighted by Crippen LogP contribution is -2.11. The molecule has 0 atom stereocenters. The fourth-order valence-electron chi connectivity index (χ4n) is 1.07. The molecule has 0 fully saturated rings. The Morgan fingerprint density at radius 3 is 1.92 bits per heavy atom. The fourth-order valence-corrected chi connectivity index (χ4v) is 2.03. The number of rotatable bonds is 4. The first-order valence-electron chi connectivity index (χ1n) is 3.85. The highest BCUT2D eigenvalue weighted by molar-refractivity contribution is 7.89. The van der Waals surface area contributed by atoms with Crippen LogP contribution in [0.25, 0.3) is 0 Å². The highest BCUT2D eigenvalue weighted by Crippen LogP contribution is 2.16. The van der Waals surface area contributed by atoms with E-state index in [1.54, 1.807) is 6.92 Å². The summed E-state index contributed by atoms with van der Waals surface area (Å²) >= 11 is 0. The van der Waals surface area contributed by atoms with Crippen LogP contribution in [0.4, 0.5) is 0 Å². The quantitative estimate of drug-likeness (QED) is 0.650. The molecule has 0 rings (SSSR count). The summed E-state index contributed by atoms with van der Waals surface area (Å²) in [5.74, 6) is 0. The van der Waals surface area contributed by atoms with Crippen LogP contribution in [0, 0.1) is 0 Å². The predicted molar refractivity (Wildman–Crippen MR) is 48.2 cm³/mol. The van der Waals surface area contributed by atoms with Crippen LogP contribution in [-0.2, 0) is 10.1 Å². The molecule has 0 aromatic carbocycles. The van der Waals surface area contributed by atoms with E-state index < -0.39 is 10.1 Å². The van der Waals surface area contributed by atoms with E-state index >= 15 is 0 Å². The highest BCUT2D eigenvalue weighted by Gasteiger charge is 2.15. The Kier molecular flexibility index (Phi) is 4.44. The molecular weight excluding hydrogens is 178 g/mol. The van der Waals surface area contributed by atoms with Crippen LogP contribution in [0.1, 0.15) is 26.7 Å². The molecule has 4 nitrogen and oxygen atoms in total. The lowest BCUT2D eigenvalue weighted by molar-refractivity contribution is 0.488. The first-order chi connectivity index (χ1) is 5.47. The maximum absolute atomic E-state index is 10.8. The molecule has 0 aliphatic heterocycles. The van der Waals surface area contributed by atoms with E-state index in [0.29, 0.717) is 18.4 Å². The molecule has 3 N–H and O–H groups in total. The summed E-state index contributed by atoms with van der Waals surface area (Å²) in [6.07, 6.45) is 0.846. The SMILES string of the molecule is CCC(CN)=C(CC)S(=O)(=O)O. The summed E-state index contributed by atoms with van der Waals surface area (Å²) in [7, 11) is -4.04. The van der Waals surface area contributed by atoms with Crippen molar-refractivity contribution in [1.29, 1.82) is 0 Å². The first kappa shape index (κ1) is 11.6. The third kappa shape index (κ3) is 2.92. The fraction of sp³-hybridized carbons (Fsp3) is 0.714. The maximum atomic E-state index is 10.8. The molecule has 0 saturated heterocycles.